The molecule has 1 amide bonds. The second-order valence-electron chi connectivity index (χ2n) is 7.66. The van der Waals surface area contributed by atoms with Crippen LogP contribution in [-0.2, 0) is 6.42 Å². The zero-order chi connectivity index (χ0) is 22.8. The molecule has 0 aliphatic carbocycles. The lowest BCUT2D eigenvalue weighted by Crippen LogP contribution is -2.49. The summed E-state index contributed by atoms with van der Waals surface area (Å²) in [5.74, 6) is -0.629. The maximum Gasteiger partial charge on any atom is 0.258 e. The summed E-state index contributed by atoms with van der Waals surface area (Å²) in [4.78, 5) is 16.4. The minimum Gasteiger partial charge on any atom is -0.350 e. The van der Waals surface area contributed by atoms with Crippen molar-refractivity contribution in [2.24, 2.45) is 0 Å². The standard InChI is InChI=1S/C23H21FN6OS/c1-13(2)28-23(31)16-5-4-15(11-17(16)24)18-7-8-21(25)30(29-18)22(26)10-14-3-6-19-20(9-14)32-12-27-19/h3-9,11-13,25-26H,10H2,1-2H3,(H,28,31)/p+1. The van der Waals surface area contributed by atoms with Gasteiger partial charge in [-0.3, -0.25) is 4.79 Å². The van der Waals surface area contributed by atoms with Crippen LogP contribution in [0, 0.1) is 11.2 Å². The Morgan fingerprint density at radius 2 is 2.03 bits per heavy atom. The lowest BCUT2D eigenvalue weighted by molar-refractivity contribution is -0.608. The highest BCUT2D eigenvalue weighted by molar-refractivity contribution is 7.16. The average Bonchev–Trinajstić information content (AvgIpc) is 3.21. The van der Waals surface area contributed by atoms with E-state index in [1.807, 2.05) is 32.0 Å². The van der Waals surface area contributed by atoms with Crippen LogP contribution in [0.2, 0.25) is 0 Å². The number of nitrogens with two attached hydrogens (primary N) is 1. The number of carbonyl (C=O) groups is 1. The van der Waals surface area contributed by atoms with Crippen molar-refractivity contribution in [3.63, 3.8) is 0 Å². The number of amides is 1. The highest BCUT2D eigenvalue weighted by Crippen LogP contribution is 2.21. The Labute approximate surface area is 188 Å². The maximum absolute atomic E-state index is 14.6. The minimum atomic E-state index is -0.640. The monoisotopic (exact) mass is 449 g/mol. The summed E-state index contributed by atoms with van der Waals surface area (Å²) in [6.07, 6.45) is 0.321. The summed E-state index contributed by atoms with van der Waals surface area (Å²) in [5.41, 5.74) is 10.6. The highest BCUT2D eigenvalue weighted by Gasteiger charge is 2.18. The smallest absolute Gasteiger partial charge is 0.258 e. The van der Waals surface area contributed by atoms with Crippen LogP contribution in [-0.4, -0.2) is 27.9 Å². The van der Waals surface area contributed by atoms with Crippen molar-refractivity contribution in [1.29, 1.82) is 5.41 Å². The molecule has 4 aromatic rings. The van der Waals surface area contributed by atoms with Crippen molar-refractivity contribution in [3.05, 3.63) is 71.0 Å². The van der Waals surface area contributed by atoms with Gasteiger partial charge in [0.15, 0.2) is 0 Å². The molecule has 0 atom stereocenters. The molecule has 0 aliphatic heterocycles. The third-order valence-corrected chi connectivity index (χ3v) is 5.61. The fourth-order valence-electron chi connectivity index (χ4n) is 3.28. The molecule has 0 saturated carbocycles. The van der Waals surface area contributed by atoms with Gasteiger partial charge in [0.25, 0.3) is 11.7 Å². The first-order valence-corrected chi connectivity index (χ1v) is 10.9. The first-order chi connectivity index (χ1) is 15.3. The summed E-state index contributed by atoms with van der Waals surface area (Å²) in [6, 6.07) is 13.4. The number of carbonyl (C=O) groups excluding carboxylic acids is 1. The molecule has 2 aromatic heterocycles. The molecule has 162 valence electrons. The van der Waals surface area contributed by atoms with Crippen molar-refractivity contribution >= 4 is 39.1 Å². The number of nitrogens with zero attached hydrogens (tertiary/aromatic N) is 3. The van der Waals surface area contributed by atoms with Gasteiger partial charge >= 0.3 is 0 Å². The van der Waals surface area contributed by atoms with E-state index in [0.29, 0.717) is 23.5 Å². The molecule has 2 heterocycles. The van der Waals surface area contributed by atoms with E-state index in [-0.39, 0.29) is 17.4 Å². The Morgan fingerprint density at radius 1 is 1.22 bits per heavy atom. The van der Waals surface area contributed by atoms with E-state index in [2.05, 4.69) is 15.4 Å². The number of aromatic nitrogens is 3. The van der Waals surface area contributed by atoms with Gasteiger partial charge in [-0.25, -0.2) is 9.37 Å². The molecule has 0 saturated heterocycles. The van der Waals surface area contributed by atoms with Gasteiger partial charge in [-0.1, -0.05) is 12.1 Å². The molecule has 32 heavy (non-hydrogen) atoms. The first-order valence-electron chi connectivity index (χ1n) is 10.0. The average molecular weight is 450 g/mol. The molecule has 2 aromatic carbocycles. The quantitative estimate of drug-likeness (QED) is 0.246. The molecule has 0 bridgehead atoms. The summed E-state index contributed by atoms with van der Waals surface area (Å²) in [5, 5.41) is 15.6. The second-order valence-corrected chi connectivity index (χ2v) is 8.54. The van der Waals surface area contributed by atoms with Crippen LogP contribution >= 0.6 is 11.3 Å². The number of nitrogens with one attached hydrogen (secondary N) is 2. The summed E-state index contributed by atoms with van der Waals surface area (Å²) in [7, 11) is 0. The predicted octanol–water partition coefficient (Wildman–Crippen LogP) is 3.57. The topological polar surface area (TPSA) is 109 Å². The van der Waals surface area contributed by atoms with Crippen LogP contribution in [0.3, 0.4) is 0 Å². The Kier molecular flexibility index (Phi) is 5.91. The zero-order valence-corrected chi connectivity index (χ0v) is 18.4. The number of anilines is 1. The number of fused-ring (bicyclic) bond motifs is 1. The fraction of sp³-hybridized carbons (Fsp3) is 0.174. The van der Waals surface area contributed by atoms with E-state index in [1.54, 1.807) is 35.0 Å². The molecule has 0 fully saturated rings. The van der Waals surface area contributed by atoms with Gasteiger partial charge < -0.3 is 11.1 Å². The van der Waals surface area contributed by atoms with Crippen LogP contribution in [0.4, 0.5) is 10.2 Å². The molecular weight excluding hydrogens is 427 g/mol. The van der Waals surface area contributed by atoms with Crippen LogP contribution in [0.25, 0.3) is 21.5 Å². The molecule has 9 heteroatoms. The van der Waals surface area contributed by atoms with Gasteiger partial charge in [-0.05, 0) is 49.7 Å². The summed E-state index contributed by atoms with van der Waals surface area (Å²) >= 11 is 1.54. The molecule has 0 aliphatic rings. The summed E-state index contributed by atoms with van der Waals surface area (Å²) < 4.78 is 17.0. The normalized spacial score (nSPS) is 11.1. The largest absolute Gasteiger partial charge is 0.350 e. The molecular formula is C23H22FN6OS+. The zero-order valence-electron chi connectivity index (χ0n) is 17.6. The van der Waals surface area contributed by atoms with E-state index in [9.17, 15) is 9.18 Å². The molecule has 4 N–H and O–H groups in total. The minimum absolute atomic E-state index is 0.0306. The van der Waals surface area contributed by atoms with Crippen molar-refractivity contribution in [2.45, 2.75) is 26.3 Å². The van der Waals surface area contributed by atoms with Gasteiger partial charge in [0.2, 0.25) is 5.82 Å². The van der Waals surface area contributed by atoms with Crippen LogP contribution in [0.15, 0.2) is 54.0 Å². The highest BCUT2D eigenvalue weighted by atomic mass is 32.1. The van der Waals surface area contributed by atoms with E-state index < -0.39 is 11.7 Å². The van der Waals surface area contributed by atoms with Gasteiger partial charge in [0.05, 0.1) is 27.7 Å². The SMILES string of the molecule is CC(C)NC(=O)c1ccc(-c2ccc(N)[n+](C(=N)Cc3ccc4ncsc4c3)n2)cc1F. The third-order valence-electron chi connectivity index (χ3n) is 4.82. The lowest BCUT2D eigenvalue weighted by atomic mass is 10.1. The number of hydrogen-bond donors (Lipinski definition) is 3. The van der Waals surface area contributed by atoms with Crippen molar-refractivity contribution in [3.8, 4) is 11.3 Å². The van der Waals surface area contributed by atoms with Gasteiger partial charge in [-0.15, -0.1) is 21.1 Å². The Morgan fingerprint density at radius 3 is 2.78 bits per heavy atom. The van der Waals surface area contributed by atoms with Crippen LogP contribution < -0.4 is 15.7 Å². The third kappa shape index (κ3) is 4.47. The first kappa shape index (κ1) is 21.5. The molecule has 4 rings (SSSR count). The van der Waals surface area contributed by atoms with Crippen molar-refractivity contribution in [1.82, 2.24) is 15.4 Å². The molecule has 0 unspecified atom stereocenters. The van der Waals surface area contributed by atoms with E-state index in [1.165, 1.54) is 16.8 Å². The van der Waals surface area contributed by atoms with Crippen molar-refractivity contribution in [2.75, 3.05) is 5.73 Å². The van der Waals surface area contributed by atoms with Crippen molar-refractivity contribution < 1.29 is 13.9 Å². The van der Waals surface area contributed by atoms with Crippen LogP contribution in [0.1, 0.15) is 29.8 Å². The van der Waals surface area contributed by atoms with E-state index >= 15 is 0 Å². The fourth-order valence-corrected chi connectivity index (χ4v) is 4.02. The van der Waals surface area contributed by atoms with Gasteiger partial charge in [-0.2, -0.15) is 5.41 Å². The Bertz CT molecular complexity index is 1330. The van der Waals surface area contributed by atoms with E-state index in [4.69, 9.17) is 11.1 Å². The predicted molar refractivity (Wildman–Crippen MR) is 123 cm³/mol. The Hall–Kier alpha value is -3.72. The lowest BCUT2D eigenvalue weighted by Gasteiger charge is -2.10. The Balaban J connectivity index is 1.60. The summed E-state index contributed by atoms with van der Waals surface area (Å²) in [6.45, 7) is 3.62. The maximum atomic E-state index is 14.6. The van der Waals surface area contributed by atoms with Gasteiger partial charge in [0.1, 0.15) is 11.5 Å². The molecule has 0 radical (unpaired) electrons. The second kappa shape index (κ2) is 8.80. The van der Waals surface area contributed by atoms with Crippen LogP contribution in [0.5, 0.6) is 0 Å². The number of thiazole rings is 1. The number of hydrogen-bond acceptors (Lipinski definition) is 6. The van der Waals surface area contributed by atoms with Gasteiger partial charge in [0, 0.05) is 17.7 Å². The number of nitrogen functional groups attached to an aromatic ring is 1. The van der Waals surface area contributed by atoms with E-state index in [0.717, 1.165) is 15.8 Å². The molecule has 0 spiro atoms. The number of rotatable bonds is 5. The molecule has 7 nitrogen and oxygen atoms in total. The number of halogens is 1. The number of benzene rings is 2.